The van der Waals surface area contributed by atoms with Gasteiger partial charge in [-0.15, -0.1) is 0 Å². The third kappa shape index (κ3) is 3.27. The maximum Gasteiger partial charge on any atom is 0.337 e. The average molecular weight is 318 g/mol. The van der Waals surface area contributed by atoms with E-state index in [1.54, 1.807) is 24.3 Å². The predicted octanol–water partition coefficient (Wildman–Crippen LogP) is 4.32. The summed E-state index contributed by atoms with van der Waals surface area (Å²) in [6.07, 6.45) is 1.83. The number of nitrogens with zero attached hydrogens (tertiary/aromatic N) is 2. The van der Waals surface area contributed by atoms with Gasteiger partial charge in [-0.3, -0.25) is 4.99 Å². The Morgan fingerprint density at radius 3 is 2.38 bits per heavy atom. The van der Waals surface area contributed by atoms with Gasteiger partial charge < -0.3 is 9.30 Å². The summed E-state index contributed by atoms with van der Waals surface area (Å²) in [5.74, 6) is -0.348. The molecule has 0 unspecified atom stereocenters. The lowest BCUT2D eigenvalue weighted by Gasteiger charge is -2.08. The van der Waals surface area contributed by atoms with Gasteiger partial charge in [-0.05, 0) is 55.5 Å². The van der Waals surface area contributed by atoms with Gasteiger partial charge in [0.15, 0.2) is 0 Å². The number of ether oxygens (including phenoxy) is 1. The van der Waals surface area contributed by atoms with Gasteiger partial charge in [0.05, 0.1) is 30.3 Å². The van der Waals surface area contributed by atoms with Crippen LogP contribution in [0.4, 0.5) is 5.69 Å². The van der Waals surface area contributed by atoms with E-state index in [1.165, 1.54) is 7.11 Å². The molecule has 1 heterocycles. The number of hydrogen-bond acceptors (Lipinski definition) is 3. The van der Waals surface area contributed by atoms with Crippen LogP contribution in [0.25, 0.3) is 5.69 Å². The van der Waals surface area contributed by atoms with Crippen molar-refractivity contribution in [3.05, 3.63) is 83.7 Å². The van der Waals surface area contributed by atoms with Crippen molar-refractivity contribution < 1.29 is 9.53 Å². The first-order valence-electron chi connectivity index (χ1n) is 7.65. The molecule has 24 heavy (non-hydrogen) atoms. The van der Waals surface area contributed by atoms with Crippen LogP contribution in [0.15, 0.2) is 71.7 Å². The van der Waals surface area contributed by atoms with E-state index in [2.05, 4.69) is 34.7 Å². The van der Waals surface area contributed by atoms with Gasteiger partial charge in [-0.1, -0.05) is 18.2 Å². The topological polar surface area (TPSA) is 43.6 Å². The van der Waals surface area contributed by atoms with Crippen molar-refractivity contribution in [2.75, 3.05) is 7.11 Å². The van der Waals surface area contributed by atoms with Crippen LogP contribution < -0.4 is 0 Å². The Kier molecular flexibility index (Phi) is 4.57. The molecule has 0 aliphatic rings. The Bertz CT molecular complexity index is 862. The molecule has 0 fully saturated rings. The largest absolute Gasteiger partial charge is 0.465 e. The Balaban J connectivity index is 1.87. The summed E-state index contributed by atoms with van der Waals surface area (Å²) < 4.78 is 6.84. The SMILES string of the molecule is COC(=O)c1ccc(N=Cc2ccc(C)n2-c2ccccc2)cc1. The summed E-state index contributed by atoms with van der Waals surface area (Å²) in [6.45, 7) is 2.06. The Hall–Kier alpha value is -3.14. The zero-order valence-corrected chi connectivity index (χ0v) is 13.6. The van der Waals surface area contributed by atoms with Crippen molar-refractivity contribution in [1.29, 1.82) is 0 Å². The highest BCUT2D eigenvalue weighted by atomic mass is 16.5. The molecule has 0 saturated carbocycles. The molecule has 1 aromatic heterocycles. The second kappa shape index (κ2) is 6.96. The molecule has 0 bridgehead atoms. The zero-order valence-electron chi connectivity index (χ0n) is 13.6. The number of aryl methyl sites for hydroxylation is 1. The summed E-state index contributed by atoms with van der Waals surface area (Å²) in [5.41, 5.74) is 4.53. The average Bonchev–Trinajstić information content (AvgIpc) is 3.01. The van der Waals surface area contributed by atoms with Gasteiger partial charge >= 0.3 is 5.97 Å². The van der Waals surface area contributed by atoms with E-state index in [0.717, 1.165) is 22.8 Å². The quantitative estimate of drug-likeness (QED) is 0.531. The fraction of sp³-hybridized carbons (Fsp3) is 0.100. The van der Waals surface area contributed by atoms with E-state index in [1.807, 2.05) is 30.5 Å². The molecule has 3 aromatic rings. The molecule has 0 saturated heterocycles. The summed E-state index contributed by atoms with van der Waals surface area (Å²) >= 11 is 0. The number of para-hydroxylation sites is 1. The number of hydrogen-bond donors (Lipinski definition) is 0. The molecular formula is C20H18N2O2. The molecule has 0 aliphatic heterocycles. The highest BCUT2D eigenvalue weighted by Gasteiger charge is 2.06. The van der Waals surface area contributed by atoms with Crippen molar-refractivity contribution in [2.24, 2.45) is 4.99 Å². The molecule has 0 amide bonds. The van der Waals surface area contributed by atoms with E-state index >= 15 is 0 Å². The number of esters is 1. The monoisotopic (exact) mass is 318 g/mol. The van der Waals surface area contributed by atoms with Gasteiger partial charge in [-0.25, -0.2) is 4.79 Å². The Morgan fingerprint density at radius 2 is 1.71 bits per heavy atom. The van der Waals surface area contributed by atoms with Crippen LogP contribution in [0, 0.1) is 6.92 Å². The molecule has 2 aromatic carbocycles. The molecule has 0 N–H and O–H groups in total. The highest BCUT2D eigenvalue weighted by Crippen LogP contribution is 2.17. The second-order valence-electron chi connectivity index (χ2n) is 5.37. The highest BCUT2D eigenvalue weighted by molar-refractivity contribution is 5.90. The van der Waals surface area contributed by atoms with E-state index < -0.39 is 0 Å². The zero-order chi connectivity index (χ0) is 16.9. The lowest BCUT2D eigenvalue weighted by Crippen LogP contribution is -2.01. The number of benzene rings is 2. The van der Waals surface area contributed by atoms with E-state index in [4.69, 9.17) is 4.74 Å². The third-order valence-corrected chi connectivity index (χ3v) is 3.75. The van der Waals surface area contributed by atoms with E-state index in [0.29, 0.717) is 5.56 Å². The summed E-state index contributed by atoms with van der Waals surface area (Å²) in [4.78, 5) is 15.9. The number of aromatic nitrogens is 1. The summed E-state index contributed by atoms with van der Waals surface area (Å²) in [6, 6.07) is 21.3. The van der Waals surface area contributed by atoms with Crippen molar-refractivity contribution >= 4 is 17.9 Å². The van der Waals surface area contributed by atoms with Gasteiger partial charge in [0.25, 0.3) is 0 Å². The lowest BCUT2D eigenvalue weighted by molar-refractivity contribution is 0.0601. The van der Waals surface area contributed by atoms with Gasteiger partial charge in [-0.2, -0.15) is 0 Å². The fourth-order valence-corrected chi connectivity index (χ4v) is 2.53. The van der Waals surface area contributed by atoms with Crippen LogP contribution in [0.1, 0.15) is 21.7 Å². The van der Waals surface area contributed by atoms with Gasteiger partial charge in [0, 0.05) is 11.4 Å². The molecule has 0 spiro atoms. The summed E-state index contributed by atoms with van der Waals surface area (Å²) in [7, 11) is 1.37. The van der Waals surface area contributed by atoms with E-state index in [-0.39, 0.29) is 5.97 Å². The normalized spacial score (nSPS) is 10.9. The third-order valence-electron chi connectivity index (χ3n) is 3.75. The first-order chi connectivity index (χ1) is 11.7. The number of rotatable bonds is 4. The van der Waals surface area contributed by atoms with Gasteiger partial charge in [0.2, 0.25) is 0 Å². The van der Waals surface area contributed by atoms with Crippen molar-refractivity contribution in [1.82, 2.24) is 4.57 Å². The minimum absolute atomic E-state index is 0.348. The molecule has 4 heteroatoms. The molecule has 0 aliphatic carbocycles. The van der Waals surface area contributed by atoms with Crippen LogP contribution in [0.3, 0.4) is 0 Å². The molecule has 0 radical (unpaired) electrons. The first kappa shape index (κ1) is 15.7. The van der Waals surface area contributed by atoms with Crippen LogP contribution >= 0.6 is 0 Å². The standard InChI is InChI=1S/C20H18N2O2/c1-15-8-13-19(22(15)18-6-4-3-5-7-18)14-21-17-11-9-16(10-12-17)20(23)24-2/h3-14H,1-2H3. The lowest BCUT2D eigenvalue weighted by atomic mass is 10.2. The van der Waals surface area contributed by atoms with Crippen molar-refractivity contribution in [3.8, 4) is 5.69 Å². The molecule has 0 atom stereocenters. The minimum atomic E-state index is -0.348. The van der Waals surface area contributed by atoms with Crippen LogP contribution in [-0.4, -0.2) is 23.9 Å². The van der Waals surface area contributed by atoms with Crippen LogP contribution in [0.5, 0.6) is 0 Å². The number of carbonyl (C=O) groups excluding carboxylic acids is 1. The first-order valence-corrected chi connectivity index (χ1v) is 7.65. The fourth-order valence-electron chi connectivity index (χ4n) is 2.53. The maximum absolute atomic E-state index is 11.4. The molecular weight excluding hydrogens is 300 g/mol. The second-order valence-corrected chi connectivity index (χ2v) is 5.37. The van der Waals surface area contributed by atoms with Gasteiger partial charge in [0.1, 0.15) is 0 Å². The Morgan fingerprint density at radius 1 is 1.00 bits per heavy atom. The van der Waals surface area contributed by atoms with E-state index in [9.17, 15) is 4.79 Å². The maximum atomic E-state index is 11.4. The Labute approximate surface area is 141 Å². The van der Waals surface area contributed by atoms with Crippen LogP contribution in [0.2, 0.25) is 0 Å². The number of aliphatic imine (C=N–C) groups is 1. The summed E-state index contributed by atoms with van der Waals surface area (Å²) in [5, 5.41) is 0. The predicted molar refractivity (Wildman–Crippen MR) is 95.5 cm³/mol. The number of carbonyl (C=O) groups is 1. The van der Waals surface area contributed by atoms with Crippen molar-refractivity contribution in [2.45, 2.75) is 6.92 Å². The smallest absolute Gasteiger partial charge is 0.337 e. The minimum Gasteiger partial charge on any atom is -0.465 e. The van der Waals surface area contributed by atoms with Crippen molar-refractivity contribution in [3.63, 3.8) is 0 Å². The van der Waals surface area contributed by atoms with Crippen LogP contribution in [-0.2, 0) is 4.74 Å². The molecule has 4 nitrogen and oxygen atoms in total. The molecule has 120 valence electrons. The number of methoxy groups -OCH3 is 1. The molecule has 3 rings (SSSR count).